The van der Waals surface area contributed by atoms with Gasteiger partial charge in [0.25, 0.3) is 0 Å². The van der Waals surface area contributed by atoms with E-state index >= 15 is 0 Å². The van der Waals surface area contributed by atoms with E-state index in [1.165, 1.54) is 43.5 Å². The SMILES string of the molecule is CCCCCCCCOc1ccc(C(=O)Oc2c(F)c(F)c(C(=O)O)c(F)c2F)cc1. The zero-order valence-corrected chi connectivity index (χ0v) is 16.9. The lowest BCUT2D eigenvalue weighted by Crippen LogP contribution is -2.16. The van der Waals surface area contributed by atoms with Gasteiger partial charge in [0, 0.05) is 0 Å². The van der Waals surface area contributed by atoms with E-state index in [1.54, 1.807) is 0 Å². The Labute approximate surface area is 176 Å². The second-order valence-electron chi connectivity index (χ2n) is 6.80. The highest BCUT2D eigenvalue weighted by molar-refractivity contribution is 5.92. The van der Waals surface area contributed by atoms with Crippen molar-refractivity contribution >= 4 is 11.9 Å². The van der Waals surface area contributed by atoms with Crippen molar-refractivity contribution in [3.63, 3.8) is 0 Å². The first kappa shape index (κ1) is 24.2. The molecule has 0 unspecified atom stereocenters. The Morgan fingerprint density at radius 3 is 1.94 bits per heavy atom. The average Bonchev–Trinajstić information content (AvgIpc) is 2.75. The van der Waals surface area contributed by atoms with Crippen molar-refractivity contribution in [2.75, 3.05) is 6.61 Å². The Balaban J connectivity index is 2.00. The Bertz CT molecular complexity index is 899. The molecule has 9 heteroatoms. The Morgan fingerprint density at radius 1 is 0.839 bits per heavy atom. The molecule has 0 aromatic heterocycles. The zero-order chi connectivity index (χ0) is 23.0. The molecule has 2 rings (SSSR count). The number of ether oxygens (including phenoxy) is 2. The van der Waals surface area contributed by atoms with E-state index in [0.717, 1.165) is 19.3 Å². The molecule has 0 saturated heterocycles. The van der Waals surface area contributed by atoms with Gasteiger partial charge in [-0.25, -0.2) is 18.4 Å². The summed E-state index contributed by atoms with van der Waals surface area (Å²) >= 11 is 0. The van der Waals surface area contributed by atoms with Crippen molar-refractivity contribution < 1.29 is 41.7 Å². The number of hydrogen-bond acceptors (Lipinski definition) is 4. The van der Waals surface area contributed by atoms with Gasteiger partial charge in [0.1, 0.15) is 11.3 Å². The van der Waals surface area contributed by atoms with Crippen LogP contribution in [0.3, 0.4) is 0 Å². The third-order valence-electron chi connectivity index (χ3n) is 4.49. The first-order valence-electron chi connectivity index (χ1n) is 9.82. The van der Waals surface area contributed by atoms with Crippen LogP contribution in [0.1, 0.15) is 66.2 Å². The minimum atomic E-state index is -2.21. The predicted molar refractivity (Wildman–Crippen MR) is 104 cm³/mol. The number of benzene rings is 2. The highest BCUT2D eigenvalue weighted by Gasteiger charge is 2.31. The van der Waals surface area contributed by atoms with Gasteiger partial charge in [-0.05, 0) is 30.7 Å². The second-order valence-corrected chi connectivity index (χ2v) is 6.80. The molecule has 0 aliphatic rings. The van der Waals surface area contributed by atoms with Gasteiger partial charge in [-0.1, -0.05) is 39.0 Å². The third kappa shape index (κ3) is 6.19. The number of carboxylic acids is 1. The number of halogens is 4. The lowest BCUT2D eigenvalue weighted by Gasteiger charge is -2.11. The first-order chi connectivity index (χ1) is 14.8. The molecule has 0 radical (unpaired) electrons. The Morgan fingerprint density at radius 2 is 1.39 bits per heavy atom. The number of rotatable bonds is 11. The van der Waals surface area contributed by atoms with Crippen LogP contribution in [0, 0.1) is 23.3 Å². The molecule has 168 valence electrons. The molecule has 0 atom stereocenters. The van der Waals surface area contributed by atoms with E-state index in [0.29, 0.717) is 12.4 Å². The highest BCUT2D eigenvalue weighted by atomic mass is 19.2. The summed E-state index contributed by atoms with van der Waals surface area (Å²) in [5.74, 6) is -13.3. The first-order valence-corrected chi connectivity index (χ1v) is 9.82. The molecule has 0 bridgehead atoms. The van der Waals surface area contributed by atoms with Crippen molar-refractivity contribution in [1.82, 2.24) is 0 Å². The molecular formula is C22H22F4O5. The number of aromatic carboxylic acids is 1. The summed E-state index contributed by atoms with van der Waals surface area (Å²) in [6.07, 6.45) is 6.59. The highest BCUT2D eigenvalue weighted by Crippen LogP contribution is 2.30. The van der Waals surface area contributed by atoms with Crippen LogP contribution >= 0.6 is 0 Å². The van der Waals surface area contributed by atoms with E-state index in [1.807, 2.05) is 0 Å². The van der Waals surface area contributed by atoms with Crippen LogP contribution in [-0.2, 0) is 0 Å². The summed E-state index contributed by atoms with van der Waals surface area (Å²) in [6.45, 7) is 2.63. The minimum Gasteiger partial charge on any atom is -0.494 e. The lowest BCUT2D eigenvalue weighted by molar-refractivity contribution is 0.0682. The Kier molecular flexibility index (Phi) is 8.84. The van der Waals surface area contributed by atoms with Crippen LogP contribution < -0.4 is 9.47 Å². The van der Waals surface area contributed by atoms with Crippen LogP contribution in [0.4, 0.5) is 17.6 Å². The van der Waals surface area contributed by atoms with Crippen LogP contribution in [0.25, 0.3) is 0 Å². The van der Waals surface area contributed by atoms with Crippen LogP contribution in [0.2, 0.25) is 0 Å². The average molecular weight is 442 g/mol. The molecule has 2 aromatic rings. The van der Waals surface area contributed by atoms with Crippen LogP contribution in [0.15, 0.2) is 24.3 Å². The molecule has 0 saturated carbocycles. The molecule has 5 nitrogen and oxygen atoms in total. The van der Waals surface area contributed by atoms with Gasteiger partial charge < -0.3 is 14.6 Å². The number of carbonyl (C=O) groups excluding carboxylic acids is 1. The lowest BCUT2D eigenvalue weighted by atomic mass is 10.1. The monoisotopic (exact) mass is 442 g/mol. The molecule has 2 aromatic carbocycles. The molecule has 0 aliphatic carbocycles. The quantitative estimate of drug-likeness (QED) is 0.154. The van der Waals surface area contributed by atoms with E-state index in [9.17, 15) is 27.2 Å². The summed E-state index contributed by atoms with van der Waals surface area (Å²) in [4.78, 5) is 22.9. The van der Waals surface area contributed by atoms with Crippen molar-refractivity contribution in [3.05, 3.63) is 58.7 Å². The maximum Gasteiger partial charge on any atom is 0.343 e. The van der Waals surface area contributed by atoms with Gasteiger partial charge in [-0.3, -0.25) is 0 Å². The maximum atomic E-state index is 13.9. The maximum absolute atomic E-state index is 13.9. The van der Waals surface area contributed by atoms with Crippen LogP contribution in [-0.4, -0.2) is 23.7 Å². The van der Waals surface area contributed by atoms with Crippen molar-refractivity contribution in [1.29, 1.82) is 0 Å². The molecule has 0 amide bonds. The summed E-state index contributed by atoms with van der Waals surface area (Å²) in [6, 6.07) is 5.39. The van der Waals surface area contributed by atoms with E-state index in [-0.39, 0.29) is 5.56 Å². The van der Waals surface area contributed by atoms with Crippen molar-refractivity contribution in [2.24, 2.45) is 0 Å². The topological polar surface area (TPSA) is 72.8 Å². The molecule has 1 N–H and O–H groups in total. The van der Waals surface area contributed by atoms with Gasteiger partial charge in [0.2, 0.25) is 17.4 Å². The number of carboxylic acid groups (broad SMARTS) is 1. The van der Waals surface area contributed by atoms with Gasteiger partial charge >= 0.3 is 11.9 Å². The molecule has 0 fully saturated rings. The van der Waals surface area contributed by atoms with Gasteiger partial charge in [0.05, 0.1) is 12.2 Å². The molecular weight excluding hydrogens is 420 g/mol. The summed E-state index contributed by atoms with van der Waals surface area (Å²) < 4.78 is 65.3. The van der Waals surface area contributed by atoms with E-state index < -0.39 is 46.5 Å². The van der Waals surface area contributed by atoms with Crippen molar-refractivity contribution in [2.45, 2.75) is 45.4 Å². The van der Waals surface area contributed by atoms with Gasteiger partial charge in [0.15, 0.2) is 11.6 Å². The smallest absolute Gasteiger partial charge is 0.343 e. The zero-order valence-electron chi connectivity index (χ0n) is 16.9. The van der Waals surface area contributed by atoms with Crippen LogP contribution in [0.5, 0.6) is 11.5 Å². The standard InChI is InChI=1S/C22H22F4O5/c1-2-3-4-5-6-7-12-30-14-10-8-13(9-11-14)22(29)31-20-18(25)16(23)15(21(27)28)17(24)19(20)26/h8-11H,2-7,12H2,1H3,(H,27,28). The fourth-order valence-corrected chi connectivity index (χ4v) is 2.80. The van der Waals surface area contributed by atoms with Crippen molar-refractivity contribution in [3.8, 4) is 11.5 Å². The molecule has 0 aliphatic heterocycles. The molecule has 31 heavy (non-hydrogen) atoms. The Hall–Kier alpha value is -3.10. The summed E-state index contributed by atoms with van der Waals surface area (Å²) in [5, 5.41) is 8.66. The van der Waals surface area contributed by atoms with E-state index in [2.05, 4.69) is 11.7 Å². The number of esters is 1. The number of carbonyl (C=O) groups is 2. The molecule has 0 heterocycles. The van der Waals surface area contributed by atoms with Gasteiger partial charge in [-0.15, -0.1) is 0 Å². The minimum absolute atomic E-state index is 0.158. The summed E-state index contributed by atoms with van der Waals surface area (Å²) in [5.41, 5.74) is -1.98. The summed E-state index contributed by atoms with van der Waals surface area (Å²) in [7, 11) is 0. The fraction of sp³-hybridized carbons (Fsp3) is 0.364. The number of hydrogen-bond donors (Lipinski definition) is 1. The fourth-order valence-electron chi connectivity index (χ4n) is 2.80. The van der Waals surface area contributed by atoms with Gasteiger partial charge in [-0.2, -0.15) is 8.78 Å². The third-order valence-corrected chi connectivity index (χ3v) is 4.49. The van der Waals surface area contributed by atoms with E-state index in [4.69, 9.17) is 9.84 Å². The molecule has 0 spiro atoms. The largest absolute Gasteiger partial charge is 0.494 e. The predicted octanol–water partition coefficient (Wildman–Crippen LogP) is 5.90. The number of unbranched alkanes of at least 4 members (excludes halogenated alkanes) is 5. The normalized spacial score (nSPS) is 10.7. The second kappa shape index (κ2) is 11.3.